The van der Waals surface area contributed by atoms with Crippen LogP contribution in [0.5, 0.6) is 0 Å². The molecule has 1 atom stereocenters. The topological polar surface area (TPSA) is 86.3 Å². The number of amides is 1. The average molecular weight is 392 g/mol. The average Bonchev–Trinajstić information content (AvgIpc) is 2.96. The molecule has 1 aromatic carbocycles. The van der Waals surface area contributed by atoms with Gasteiger partial charge in [-0.1, -0.05) is 15.9 Å². The standard InChI is InChI=1S/C17H18BrN3O3/c1-4-21-13-6-5-11(18)7-12(13)17(24,16(21)23)8-14(22)15-9(2)19-20-10(15)3/h5-7,24H,4,8H2,1-3H3,(H,19,20)/t17-/m1/s1. The van der Waals surface area contributed by atoms with Gasteiger partial charge in [0.15, 0.2) is 11.4 Å². The number of halogens is 1. The number of fused-ring (bicyclic) bond motifs is 1. The molecule has 0 unspecified atom stereocenters. The number of carbonyl (C=O) groups is 2. The molecule has 126 valence electrons. The number of aliphatic hydroxyl groups is 1. The molecule has 1 aromatic heterocycles. The van der Waals surface area contributed by atoms with E-state index in [2.05, 4.69) is 26.1 Å². The lowest BCUT2D eigenvalue weighted by atomic mass is 9.87. The Morgan fingerprint density at radius 1 is 1.42 bits per heavy atom. The maximum Gasteiger partial charge on any atom is 0.264 e. The van der Waals surface area contributed by atoms with Crippen molar-refractivity contribution in [3.8, 4) is 0 Å². The first-order valence-corrected chi connectivity index (χ1v) is 8.48. The van der Waals surface area contributed by atoms with Gasteiger partial charge in [0.05, 0.1) is 23.4 Å². The van der Waals surface area contributed by atoms with Gasteiger partial charge in [0.2, 0.25) is 0 Å². The van der Waals surface area contributed by atoms with E-state index in [9.17, 15) is 14.7 Å². The Morgan fingerprint density at radius 3 is 2.71 bits per heavy atom. The number of aromatic amines is 1. The van der Waals surface area contributed by atoms with Crippen LogP contribution in [0, 0.1) is 13.8 Å². The van der Waals surface area contributed by atoms with E-state index in [-0.39, 0.29) is 12.2 Å². The van der Waals surface area contributed by atoms with E-state index in [0.717, 1.165) is 4.47 Å². The molecule has 3 rings (SSSR count). The van der Waals surface area contributed by atoms with E-state index in [1.54, 1.807) is 26.0 Å². The van der Waals surface area contributed by atoms with Gasteiger partial charge in [0.25, 0.3) is 5.91 Å². The molecule has 2 aromatic rings. The lowest BCUT2D eigenvalue weighted by molar-refractivity contribution is -0.135. The molecule has 0 aliphatic carbocycles. The first-order valence-electron chi connectivity index (χ1n) is 7.68. The van der Waals surface area contributed by atoms with Gasteiger partial charge in [-0.15, -0.1) is 0 Å². The lowest BCUT2D eigenvalue weighted by Gasteiger charge is -2.22. The normalized spacial score (nSPS) is 19.7. The van der Waals surface area contributed by atoms with E-state index >= 15 is 0 Å². The lowest BCUT2D eigenvalue weighted by Crippen LogP contribution is -2.41. The smallest absolute Gasteiger partial charge is 0.264 e. The Labute approximate surface area is 148 Å². The summed E-state index contributed by atoms with van der Waals surface area (Å²) in [5.41, 5.74) is 0.865. The summed E-state index contributed by atoms with van der Waals surface area (Å²) in [6.45, 7) is 5.73. The van der Waals surface area contributed by atoms with Crippen LogP contribution >= 0.6 is 15.9 Å². The van der Waals surface area contributed by atoms with Crippen molar-refractivity contribution < 1.29 is 14.7 Å². The van der Waals surface area contributed by atoms with Crippen molar-refractivity contribution in [2.45, 2.75) is 32.8 Å². The van der Waals surface area contributed by atoms with E-state index in [4.69, 9.17) is 0 Å². The molecule has 1 aliphatic heterocycles. The second kappa shape index (κ2) is 5.82. The van der Waals surface area contributed by atoms with Crippen molar-refractivity contribution in [3.05, 3.63) is 45.2 Å². The minimum absolute atomic E-state index is 0.307. The number of anilines is 1. The van der Waals surface area contributed by atoms with E-state index in [0.29, 0.717) is 34.7 Å². The Morgan fingerprint density at radius 2 is 2.12 bits per heavy atom. The molecule has 6 nitrogen and oxygen atoms in total. The summed E-state index contributed by atoms with van der Waals surface area (Å²) < 4.78 is 0.744. The zero-order valence-corrected chi connectivity index (χ0v) is 15.3. The molecule has 0 bridgehead atoms. The third kappa shape index (κ3) is 2.39. The summed E-state index contributed by atoms with van der Waals surface area (Å²) in [6, 6.07) is 5.29. The second-order valence-corrected chi connectivity index (χ2v) is 6.90. The highest BCUT2D eigenvalue weighted by atomic mass is 79.9. The summed E-state index contributed by atoms with van der Waals surface area (Å²) >= 11 is 3.37. The number of H-pyrrole nitrogens is 1. The van der Waals surface area contributed by atoms with Crippen molar-refractivity contribution in [1.29, 1.82) is 0 Å². The molecule has 0 saturated carbocycles. The molecular weight excluding hydrogens is 374 g/mol. The SMILES string of the molecule is CCN1C(=O)[C@@](O)(CC(=O)c2c(C)n[nH]c2C)c2cc(Br)ccc21. The number of rotatable bonds is 4. The molecule has 2 heterocycles. The third-order valence-electron chi connectivity index (χ3n) is 4.43. The Balaban J connectivity index is 2.05. The predicted octanol–water partition coefficient (Wildman–Crippen LogP) is 2.62. The van der Waals surface area contributed by atoms with E-state index < -0.39 is 11.5 Å². The maximum absolute atomic E-state index is 12.8. The number of carbonyl (C=O) groups excluding carboxylic acids is 2. The van der Waals surface area contributed by atoms with Crippen molar-refractivity contribution in [2.24, 2.45) is 0 Å². The van der Waals surface area contributed by atoms with Gasteiger partial charge in [-0.3, -0.25) is 14.7 Å². The monoisotopic (exact) mass is 391 g/mol. The van der Waals surface area contributed by atoms with Crippen LogP contribution in [0.3, 0.4) is 0 Å². The number of aryl methyl sites for hydroxylation is 2. The Kier molecular flexibility index (Phi) is 4.09. The first-order chi connectivity index (χ1) is 11.3. The first kappa shape index (κ1) is 16.9. The molecule has 2 N–H and O–H groups in total. The molecule has 0 radical (unpaired) electrons. The number of ketones is 1. The largest absolute Gasteiger partial charge is 0.375 e. The van der Waals surface area contributed by atoms with Crippen LogP contribution in [-0.2, 0) is 10.4 Å². The van der Waals surface area contributed by atoms with Gasteiger partial charge in [-0.05, 0) is 39.0 Å². The van der Waals surface area contributed by atoms with Crippen molar-refractivity contribution >= 4 is 33.3 Å². The van der Waals surface area contributed by atoms with E-state index in [1.807, 2.05) is 13.0 Å². The quantitative estimate of drug-likeness (QED) is 0.784. The number of benzene rings is 1. The highest BCUT2D eigenvalue weighted by Crippen LogP contribution is 2.44. The van der Waals surface area contributed by atoms with Gasteiger partial charge >= 0.3 is 0 Å². The van der Waals surface area contributed by atoms with Crippen molar-refractivity contribution in [1.82, 2.24) is 10.2 Å². The van der Waals surface area contributed by atoms with Crippen LogP contribution < -0.4 is 4.90 Å². The van der Waals surface area contributed by atoms with Crippen molar-refractivity contribution in [2.75, 3.05) is 11.4 Å². The van der Waals surface area contributed by atoms with Gasteiger partial charge in [-0.25, -0.2) is 0 Å². The molecule has 0 saturated heterocycles. The highest BCUT2D eigenvalue weighted by Gasteiger charge is 2.50. The number of hydrogen-bond donors (Lipinski definition) is 2. The fourth-order valence-electron chi connectivity index (χ4n) is 3.29. The fraction of sp³-hybridized carbons (Fsp3) is 0.353. The summed E-state index contributed by atoms with van der Waals surface area (Å²) in [5.74, 6) is -0.774. The number of likely N-dealkylation sites (N-methyl/N-ethyl adjacent to an activating group) is 1. The van der Waals surface area contributed by atoms with Crippen LogP contribution in [0.2, 0.25) is 0 Å². The van der Waals surface area contributed by atoms with Crippen LogP contribution in [0.1, 0.15) is 40.7 Å². The van der Waals surface area contributed by atoms with Gasteiger partial charge in [0.1, 0.15) is 0 Å². The third-order valence-corrected chi connectivity index (χ3v) is 4.93. The molecule has 0 fully saturated rings. The number of nitrogens with one attached hydrogen (secondary N) is 1. The molecule has 0 spiro atoms. The van der Waals surface area contributed by atoms with Crippen LogP contribution in [-0.4, -0.2) is 33.5 Å². The van der Waals surface area contributed by atoms with Crippen LogP contribution in [0.15, 0.2) is 22.7 Å². The van der Waals surface area contributed by atoms with Gasteiger partial charge in [-0.2, -0.15) is 5.10 Å². The summed E-state index contributed by atoms with van der Waals surface area (Å²) in [5, 5.41) is 17.9. The summed E-state index contributed by atoms with van der Waals surface area (Å²) in [4.78, 5) is 27.0. The van der Waals surface area contributed by atoms with Gasteiger partial charge < -0.3 is 10.0 Å². The van der Waals surface area contributed by atoms with Crippen LogP contribution in [0.4, 0.5) is 5.69 Å². The Bertz CT molecular complexity index is 826. The second-order valence-electron chi connectivity index (χ2n) is 5.98. The minimum Gasteiger partial charge on any atom is -0.375 e. The molecule has 1 aliphatic rings. The molecule has 7 heteroatoms. The number of hydrogen-bond acceptors (Lipinski definition) is 4. The van der Waals surface area contributed by atoms with E-state index in [1.165, 1.54) is 4.90 Å². The highest BCUT2D eigenvalue weighted by molar-refractivity contribution is 9.10. The molecule has 1 amide bonds. The zero-order valence-electron chi connectivity index (χ0n) is 13.7. The van der Waals surface area contributed by atoms with Gasteiger partial charge in [0, 0.05) is 22.3 Å². The number of Topliss-reactive ketones (excluding diaryl/α,β-unsaturated/α-hetero) is 1. The minimum atomic E-state index is -1.86. The predicted molar refractivity (Wildman–Crippen MR) is 93.1 cm³/mol. The Hall–Kier alpha value is -1.99. The summed E-state index contributed by atoms with van der Waals surface area (Å²) in [6.07, 6.45) is -0.313. The fourth-order valence-corrected chi connectivity index (χ4v) is 3.65. The summed E-state index contributed by atoms with van der Waals surface area (Å²) in [7, 11) is 0. The van der Waals surface area contributed by atoms with Crippen LogP contribution in [0.25, 0.3) is 0 Å². The number of nitrogens with zero attached hydrogens (tertiary/aromatic N) is 2. The zero-order chi connectivity index (χ0) is 17.6. The molecular formula is C17H18BrN3O3. The molecule has 24 heavy (non-hydrogen) atoms. The number of aromatic nitrogens is 2. The maximum atomic E-state index is 12.8. The van der Waals surface area contributed by atoms with Crippen molar-refractivity contribution in [3.63, 3.8) is 0 Å².